The first-order valence-electron chi connectivity index (χ1n) is 6.17. The van der Waals surface area contributed by atoms with E-state index >= 15 is 0 Å². The zero-order valence-electron chi connectivity index (χ0n) is 11.5. The Hall–Kier alpha value is -2.04. The number of para-hydroxylation sites is 1. The Morgan fingerprint density at radius 3 is 2.42 bits per heavy atom. The van der Waals surface area contributed by atoms with E-state index in [1.54, 1.807) is 19.9 Å². The Morgan fingerprint density at radius 2 is 1.84 bits per heavy atom. The molecule has 0 bridgehead atoms. The normalized spacial score (nSPS) is 10.9. The van der Waals surface area contributed by atoms with Crippen molar-refractivity contribution in [3.05, 3.63) is 29.8 Å². The van der Waals surface area contributed by atoms with Gasteiger partial charge in [0, 0.05) is 25.7 Å². The average Bonchev–Trinajstić information content (AvgIpc) is 2.34. The number of nitrogens with one attached hydrogen (secondary N) is 2. The van der Waals surface area contributed by atoms with E-state index in [1.165, 1.54) is 6.92 Å². The molecule has 0 atom stereocenters. The Labute approximate surface area is 113 Å². The number of rotatable bonds is 6. The molecule has 1 aromatic carbocycles. The predicted molar refractivity (Wildman–Crippen MR) is 74.3 cm³/mol. The number of carbonyl (C=O) groups excluding carboxylic acids is 1. The van der Waals surface area contributed by atoms with Gasteiger partial charge in [0.15, 0.2) is 0 Å². The lowest BCUT2D eigenvalue weighted by Gasteiger charge is -2.23. The number of hydrogen-bond donors (Lipinski definition) is 3. The first kappa shape index (κ1) is 15.0. The summed E-state index contributed by atoms with van der Waals surface area (Å²) < 4.78 is 0. The second-order valence-electron chi connectivity index (χ2n) is 4.89. The largest absolute Gasteiger partial charge is 0.481 e. The Bertz CT molecular complexity index is 470. The van der Waals surface area contributed by atoms with Gasteiger partial charge in [0.05, 0.1) is 5.41 Å². The van der Waals surface area contributed by atoms with E-state index in [0.29, 0.717) is 13.1 Å². The summed E-state index contributed by atoms with van der Waals surface area (Å²) in [5, 5.41) is 15.1. The summed E-state index contributed by atoms with van der Waals surface area (Å²) in [6.07, 6.45) is 0. The van der Waals surface area contributed by atoms with Crippen LogP contribution >= 0.6 is 0 Å². The molecule has 1 amide bonds. The quantitative estimate of drug-likeness (QED) is 0.682. The number of amides is 1. The Kier molecular flexibility index (Phi) is 4.92. The van der Waals surface area contributed by atoms with Crippen molar-refractivity contribution in [2.24, 2.45) is 0 Å². The summed E-state index contributed by atoms with van der Waals surface area (Å²) in [5.74, 6) is -0.954. The maximum Gasteiger partial charge on any atom is 0.313 e. The lowest BCUT2D eigenvalue weighted by atomic mass is 9.83. The third-order valence-corrected chi connectivity index (χ3v) is 2.95. The standard InChI is InChI=1S/C14H20N2O3/c1-10(17)15-8-9-16-12-7-5-4-6-11(12)14(2,3)13(18)19/h4-7,16H,8-9H2,1-3H3,(H,15,17)(H,18,19). The highest BCUT2D eigenvalue weighted by atomic mass is 16.4. The highest BCUT2D eigenvalue weighted by Gasteiger charge is 2.31. The van der Waals surface area contributed by atoms with Gasteiger partial charge in [-0.25, -0.2) is 0 Å². The molecule has 0 aliphatic carbocycles. The molecule has 0 fully saturated rings. The molecule has 104 valence electrons. The van der Waals surface area contributed by atoms with Gasteiger partial charge >= 0.3 is 5.97 Å². The minimum atomic E-state index is -0.961. The van der Waals surface area contributed by atoms with Gasteiger partial charge in [0.1, 0.15) is 0 Å². The monoisotopic (exact) mass is 264 g/mol. The van der Waals surface area contributed by atoms with Crippen molar-refractivity contribution in [3.63, 3.8) is 0 Å². The van der Waals surface area contributed by atoms with Crippen LogP contribution in [0, 0.1) is 0 Å². The molecule has 0 spiro atoms. The number of aliphatic carboxylic acids is 1. The lowest BCUT2D eigenvalue weighted by molar-refractivity contribution is -0.142. The molecule has 1 aromatic rings. The fraction of sp³-hybridized carbons (Fsp3) is 0.429. The number of carbonyl (C=O) groups is 2. The second kappa shape index (κ2) is 6.22. The summed E-state index contributed by atoms with van der Waals surface area (Å²) in [5.41, 5.74) is 0.544. The van der Waals surface area contributed by atoms with Crippen molar-refractivity contribution in [2.75, 3.05) is 18.4 Å². The topological polar surface area (TPSA) is 78.4 Å². The molecule has 0 saturated heterocycles. The lowest BCUT2D eigenvalue weighted by Crippen LogP contribution is -2.31. The van der Waals surface area contributed by atoms with Gasteiger partial charge in [-0.3, -0.25) is 9.59 Å². The molecular weight excluding hydrogens is 244 g/mol. The van der Waals surface area contributed by atoms with Crippen molar-refractivity contribution in [1.82, 2.24) is 5.32 Å². The molecule has 0 heterocycles. The van der Waals surface area contributed by atoms with Gasteiger partial charge in [0.25, 0.3) is 0 Å². The van der Waals surface area contributed by atoms with Gasteiger partial charge in [-0.2, -0.15) is 0 Å². The molecule has 0 unspecified atom stereocenters. The molecule has 5 nitrogen and oxygen atoms in total. The predicted octanol–water partition coefficient (Wildman–Crippen LogP) is 1.60. The third kappa shape index (κ3) is 3.98. The molecule has 0 saturated carbocycles. The van der Waals surface area contributed by atoms with Crippen LogP contribution < -0.4 is 10.6 Å². The summed E-state index contributed by atoms with van der Waals surface area (Å²) in [6, 6.07) is 7.31. The van der Waals surface area contributed by atoms with E-state index in [4.69, 9.17) is 0 Å². The Balaban J connectivity index is 2.79. The number of benzene rings is 1. The number of carboxylic acids is 1. The van der Waals surface area contributed by atoms with Crippen molar-refractivity contribution >= 4 is 17.6 Å². The van der Waals surface area contributed by atoms with Crippen molar-refractivity contribution in [3.8, 4) is 0 Å². The summed E-state index contributed by atoms with van der Waals surface area (Å²) in [4.78, 5) is 22.1. The summed E-state index contributed by atoms with van der Waals surface area (Å²) in [6.45, 7) is 5.85. The maximum absolute atomic E-state index is 11.3. The van der Waals surface area contributed by atoms with E-state index < -0.39 is 11.4 Å². The average molecular weight is 264 g/mol. The van der Waals surface area contributed by atoms with E-state index in [1.807, 2.05) is 18.2 Å². The molecule has 0 aliphatic rings. The molecule has 1 rings (SSSR count). The van der Waals surface area contributed by atoms with E-state index in [0.717, 1.165) is 11.3 Å². The van der Waals surface area contributed by atoms with Crippen LogP contribution in [0.5, 0.6) is 0 Å². The molecule has 0 aromatic heterocycles. The SMILES string of the molecule is CC(=O)NCCNc1ccccc1C(C)(C)C(=O)O. The highest BCUT2D eigenvalue weighted by molar-refractivity contribution is 5.83. The first-order valence-corrected chi connectivity index (χ1v) is 6.17. The summed E-state index contributed by atoms with van der Waals surface area (Å²) in [7, 11) is 0. The van der Waals surface area contributed by atoms with Gasteiger partial charge in [-0.05, 0) is 25.5 Å². The van der Waals surface area contributed by atoms with Gasteiger partial charge in [0.2, 0.25) is 5.91 Å². The second-order valence-corrected chi connectivity index (χ2v) is 4.89. The van der Waals surface area contributed by atoms with Gasteiger partial charge in [-0.15, -0.1) is 0 Å². The number of carboxylic acid groups (broad SMARTS) is 1. The fourth-order valence-electron chi connectivity index (χ4n) is 1.73. The first-order chi connectivity index (χ1) is 8.85. The zero-order chi connectivity index (χ0) is 14.5. The minimum Gasteiger partial charge on any atom is -0.481 e. The Morgan fingerprint density at radius 1 is 1.21 bits per heavy atom. The molecule has 19 heavy (non-hydrogen) atoms. The molecule has 5 heteroatoms. The van der Waals surface area contributed by atoms with Crippen molar-refractivity contribution in [2.45, 2.75) is 26.2 Å². The van der Waals surface area contributed by atoms with Crippen LogP contribution in [0.1, 0.15) is 26.3 Å². The molecular formula is C14H20N2O3. The van der Waals surface area contributed by atoms with E-state index in [9.17, 15) is 14.7 Å². The molecule has 0 radical (unpaired) electrons. The number of anilines is 1. The zero-order valence-corrected chi connectivity index (χ0v) is 11.5. The van der Waals surface area contributed by atoms with Crippen LogP contribution in [0.4, 0.5) is 5.69 Å². The minimum absolute atomic E-state index is 0.0825. The fourth-order valence-corrected chi connectivity index (χ4v) is 1.73. The third-order valence-electron chi connectivity index (χ3n) is 2.95. The van der Waals surface area contributed by atoms with Crippen LogP contribution in [0.25, 0.3) is 0 Å². The summed E-state index contributed by atoms with van der Waals surface area (Å²) >= 11 is 0. The molecule has 3 N–H and O–H groups in total. The molecule has 0 aliphatic heterocycles. The van der Waals surface area contributed by atoms with E-state index in [-0.39, 0.29) is 5.91 Å². The van der Waals surface area contributed by atoms with Crippen LogP contribution in [-0.4, -0.2) is 30.1 Å². The maximum atomic E-state index is 11.3. The van der Waals surface area contributed by atoms with E-state index in [2.05, 4.69) is 10.6 Å². The van der Waals surface area contributed by atoms with Crippen LogP contribution in [0.15, 0.2) is 24.3 Å². The van der Waals surface area contributed by atoms with Crippen molar-refractivity contribution in [1.29, 1.82) is 0 Å². The van der Waals surface area contributed by atoms with Crippen LogP contribution in [0.3, 0.4) is 0 Å². The van der Waals surface area contributed by atoms with Crippen LogP contribution in [-0.2, 0) is 15.0 Å². The smallest absolute Gasteiger partial charge is 0.313 e. The van der Waals surface area contributed by atoms with Gasteiger partial charge < -0.3 is 15.7 Å². The number of hydrogen-bond acceptors (Lipinski definition) is 3. The van der Waals surface area contributed by atoms with Gasteiger partial charge in [-0.1, -0.05) is 18.2 Å². The highest BCUT2D eigenvalue weighted by Crippen LogP contribution is 2.29. The van der Waals surface area contributed by atoms with Crippen LogP contribution in [0.2, 0.25) is 0 Å². The van der Waals surface area contributed by atoms with Crippen molar-refractivity contribution < 1.29 is 14.7 Å².